The Morgan fingerprint density at radius 2 is 1.95 bits per heavy atom. The van der Waals surface area contributed by atoms with Crippen LogP contribution in [-0.2, 0) is 0 Å². The number of hydrogen-bond acceptors (Lipinski definition) is 4. The number of nitrogens with one attached hydrogen (secondary N) is 1. The van der Waals surface area contributed by atoms with Gasteiger partial charge in [0, 0.05) is 10.7 Å². The van der Waals surface area contributed by atoms with Crippen LogP contribution < -0.4 is 11.2 Å². The van der Waals surface area contributed by atoms with E-state index in [1.807, 2.05) is 0 Å². The molecule has 0 atom stereocenters. The van der Waals surface area contributed by atoms with Crippen LogP contribution in [0.4, 0.5) is 0 Å². The third-order valence-electron chi connectivity index (χ3n) is 3.07. The number of halogens is 1. The van der Waals surface area contributed by atoms with E-state index in [1.165, 1.54) is 6.08 Å². The van der Waals surface area contributed by atoms with Crippen LogP contribution in [-0.4, -0.2) is 20.9 Å². The zero-order chi connectivity index (χ0) is 15.7. The predicted molar refractivity (Wildman–Crippen MR) is 87.6 cm³/mol. The SMILES string of the molecule is O=c1[nH]c(=O)n(-c2ccc(Br)cc2)c(O)c1/C=C1/C=CC=N1. The third-order valence-corrected chi connectivity index (χ3v) is 3.60. The molecule has 7 heteroatoms. The Bertz CT molecular complexity index is 920. The molecule has 0 amide bonds. The van der Waals surface area contributed by atoms with Crippen molar-refractivity contribution in [3.8, 4) is 11.6 Å². The number of aromatic nitrogens is 2. The summed E-state index contributed by atoms with van der Waals surface area (Å²) in [6.45, 7) is 0. The summed E-state index contributed by atoms with van der Waals surface area (Å²) in [5.74, 6) is -0.431. The molecular formula is C15H10BrN3O3. The second-order valence-corrected chi connectivity index (χ2v) is 5.43. The fraction of sp³-hybridized carbons (Fsp3) is 0. The predicted octanol–water partition coefficient (Wildman–Crippen LogP) is 1.98. The molecule has 110 valence electrons. The lowest BCUT2D eigenvalue weighted by atomic mass is 10.2. The van der Waals surface area contributed by atoms with Gasteiger partial charge in [-0.25, -0.2) is 9.36 Å². The van der Waals surface area contributed by atoms with Crippen LogP contribution >= 0.6 is 15.9 Å². The van der Waals surface area contributed by atoms with Crippen LogP contribution in [0.3, 0.4) is 0 Å². The second-order valence-electron chi connectivity index (χ2n) is 4.51. The molecule has 0 unspecified atom stereocenters. The van der Waals surface area contributed by atoms with E-state index in [0.29, 0.717) is 11.4 Å². The lowest BCUT2D eigenvalue weighted by Crippen LogP contribution is -2.30. The van der Waals surface area contributed by atoms with E-state index in [2.05, 4.69) is 25.9 Å². The maximum absolute atomic E-state index is 12.0. The average molecular weight is 360 g/mol. The molecule has 0 saturated heterocycles. The van der Waals surface area contributed by atoms with Gasteiger partial charge in [-0.2, -0.15) is 0 Å². The van der Waals surface area contributed by atoms with Gasteiger partial charge in [0.05, 0.1) is 11.4 Å². The quantitative estimate of drug-likeness (QED) is 0.859. The van der Waals surface area contributed by atoms with Crippen LogP contribution in [0.25, 0.3) is 11.8 Å². The third kappa shape index (κ3) is 2.58. The molecule has 1 aliphatic heterocycles. The maximum atomic E-state index is 12.0. The van der Waals surface area contributed by atoms with Gasteiger partial charge in [0.15, 0.2) is 0 Å². The Morgan fingerprint density at radius 3 is 2.59 bits per heavy atom. The molecule has 0 fully saturated rings. The highest BCUT2D eigenvalue weighted by Gasteiger charge is 2.14. The minimum atomic E-state index is -0.711. The number of hydrogen-bond donors (Lipinski definition) is 2. The number of rotatable bonds is 2. The minimum absolute atomic E-state index is 0.0266. The van der Waals surface area contributed by atoms with Crippen molar-refractivity contribution in [1.82, 2.24) is 9.55 Å². The van der Waals surface area contributed by atoms with Crippen LogP contribution in [0.5, 0.6) is 5.88 Å². The van der Waals surface area contributed by atoms with Gasteiger partial charge in [0.25, 0.3) is 5.56 Å². The first kappa shape index (κ1) is 14.3. The second kappa shape index (κ2) is 5.61. The number of allylic oxidation sites excluding steroid dienone is 2. The van der Waals surface area contributed by atoms with Gasteiger partial charge in [-0.1, -0.05) is 15.9 Å². The Kier molecular flexibility index (Phi) is 3.64. The lowest BCUT2D eigenvalue weighted by Gasteiger charge is -2.10. The first-order valence-electron chi connectivity index (χ1n) is 6.33. The van der Waals surface area contributed by atoms with Crippen molar-refractivity contribution in [2.24, 2.45) is 4.99 Å². The zero-order valence-electron chi connectivity index (χ0n) is 11.2. The number of aromatic hydroxyl groups is 1. The van der Waals surface area contributed by atoms with E-state index in [0.717, 1.165) is 9.04 Å². The molecule has 6 nitrogen and oxygen atoms in total. The van der Waals surface area contributed by atoms with E-state index in [4.69, 9.17) is 0 Å². The van der Waals surface area contributed by atoms with E-state index in [9.17, 15) is 14.7 Å². The first-order chi connectivity index (χ1) is 10.6. The standard InChI is InChI=1S/C15H10BrN3O3/c16-9-3-5-11(6-4-9)19-14(21)12(13(20)18-15(19)22)8-10-2-1-7-17-10/h1-8,21H,(H,18,20,22)/b10-8-. The first-order valence-corrected chi connectivity index (χ1v) is 7.12. The van der Waals surface area contributed by atoms with Crippen molar-refractivity contribution in [2.45, 2.75) is 0 Å². The minimum Gasteiger partial charge on any atom is -0.494 e. The van der Waals surface area contributed by atoms with Crippen LogP contribution in [0, 0.1) is 0 Å². The largest absolute Gasteiger partial charge is 0.494 e. The molecule has 1 aromatic heterocycles. The number of benzene rings is 1. The maximum Gasteiger partial charge on any atom is 0.335 e. The molecule has 0 aliphatic carbocycles. The molecule has 1 aliphatic rings. The highest BCUT2D eigenvalue weighted by Crippen LogP contribution is 2.21. The Labute approximate surface area is 132 Å². The average Bonchev–Trinajstić information content (AvgIpc) is 2.98. The highest BCUT2D eigenvalue weighted by molar-refractivity contribution is 9.10. The number of aliphatic imine (C=N–C) groups is 1. The lowest BCUT2D eigenvalue weighted by molar-refractivity contribution is 0.429. The van der Waals surface area contributed by atoms with Gasteiger partial charge in [0.1, 0.15) is 5.56 Å². The van der Waals surface area contributed by atoms with Gasteiger partial charge in [-0.05, 0) is 42.5 Å². The van der Waals surface area contributed by atoms with Gasteiger partial charge in [-0.15, -0.1) is 0 Å². The van der Waals surface area contributed by atoms with E-state index >= 15 is 0 Å². The molecule has 0 bridgehead atoms. The summed E-state index contributed by atoms with van der Waals surface area (Å²) >= 11 is 3.30. The normalized spacial score (nSPS) is 14.9. The van der Waals surface area contributed by atoms with Gasteiger partial charge < -0.3 is 5.11 Å². The summed E-state index contributed by atoms with van der Waals surface area (Å²) in [6.07, 6.45) is 6.39. The van der Waals surface area contributed by atoms with Crippen molar-refractivity contribution in [2.75, 3.05) is 0 Å². The summed E-state index contributed by atoms with van der Waals surface area (Å²) in [7, 11) is 0. The Hall–Kier alpha value is -2.67. The molecule has 2 N–H and O–H groups in total. The van der Waals surface area contributed by atoms with E-state index in [1.54, 1.807) is 42.6 Å². The molecular weight excluding hydrogens is 350 g/mol. The van der Waals surface area contributed by atoms with Crippen molar-refractivity contribution in [1.29, 1.82) is 0 Å². The van der Waals surface area contributed by atoms with Gasteiger partial charge in [-0.3, -0.25) is 14.8 Å². The highest BCUT2D eigenvalue weighted by atomic mass is 79.9. The number of aromatic amines is 1. The molecule has 0 spiro atoms. The molecule has 2 heterocycles. The van der Waals surface area contributed by atoms with Crippen LogP contribution in [0.15, 0.2) is 61.2 Å². The molecule has 22 heavy (non-hydrogen) atoms. The fourth-order valence-electron chi connectivity index (χ4n) is 2.05. The van der Waals surface area contributed by atoms with E-state index < -0.39 is 17.1 Å². The summed E-state index contributed by atoms with van der Waals surface area (Å²) < 4.78 is 1.86. The monoisotopic (exact) mass is 359 g/mol. The Balaban J connectivity index is 2.24. The van der Waals surface area contributed by atoms with E-state index in [-0.39, 0.29) is 5.56 Å². The van der Waals surface area contributed by atoms with Gasteiger partial charge >= 0.3 is 5.69 Å². The summed E-state index contributed by atoms with van der Waals surface area (Å²) in [5.41, 5.74) is -0.452. The molecule has 0 saturated carbocycles. The fourth-order valence-corrected chi connectivity index (χ4v) is 2.31. The zero-order valence-corrected chi connectivity index (χ0v) is 12.7. The molecule has 3 rings (SSSR count). The summed E-state index contributed by atoms with van der Waals surface area (Å²) in [6, 6.07) is 6.76. The smallest absolute Gasteiger partial charge is 0.335 e. The van der Waals surface area contributed by atoms with Crippen LogP contribution in [0.1, 0.15) is 5.56 Å². The van der Waals surface area contributed by atoms with Crippen molar-refractivity contribution in [3.05, 3.63) is 73.0 Å². The van der Waals surface area contributed by atoms with Crippen molar-refractivity contribution >= 4 is 28.2 Å². The number of nitrogens with zero attached hydrogens (tertiary/aromatic N) is 2. The van der Waals surface area contributed by atoms with Crippen molar-refractivity contribution < 1.29 is 5.11 Å². The van der Waals surface area contributed by atoms with Gasteiger partial charge in [0.2, 0.25) is 5.88 Å². The molecule has 2 aromatic rings. The topological polar surface area (TPSA) is 87.5 Å². The summed E-state index contributed by atoms with van der Waals surface area (Å²) in [5, 5.41) is 10.3. The van der Waals surface area contributed by atoms with Crippen molar-refractivity contribution in [3.63, 3.8) is 0 Å². The molecule has 1 aromatic carbocycles. The number of H-pyrrole nitrogens is 1. The van der Waals surface area contributed by atoms with Crippen LogP contribution in [0.2, 0.25) is 0 Å². The summed E-state index contributed by atoms with van der Waals surface area (Å²) in [4.78, 5) is 30.1. The Morgan fingerprint density at radius 1 is 1.23 bits per heavy atom. The molecule has 0 radical (unpaired) electrons.